The molecule has 1 N–H and O–H groups in total. The van der Waals surface area contributed by atoms with Crippen molar-refractivity contribution < 1.29 is 17.6 Å². The summed E-state index contributed by atoms with van der Waals surface area (Å²) in [6.07, 6.45) is -1.74. The Balaban J connectivity index is 1.68. The maximum absolute atomic E-state index is 12.4. The molecule has 0 bridgehead atoms. The van der Waals surface area contributed by atoms with Gasteiger partial charge in [0.2, 0.25) is 0 Å². The Bertz CT molecular complexity index is 1180. The third kappa shape index (κ3) is 3.64. The van der Waals surface area contributed by atoms with Crippen molar-refractivity contribution in [2.24, 2.45) is 0 Å². The minimum atomic E-state index is -4.34. The SMILES string of the molecule is O=c1cc(CNc2cnn(CC(F)(F)F)c2)c2c(ccc3ccccc32)o1. The van der Waals surface area contributed by atoms with Gasteiger partial charge in [0.05, 0.1) is 11.9 Å². The van der Waals surface area contributed by atoms with E-state index in [-0.39, 0.29) is 6.54 Å². The van der Waals surface area contributed by atoms with Crippen molar-refractivity contribution in [3.63, 3.8) is 0 Å². The van der Waals surface area contributed by atoms with Crippen LogP contribution in [0.25, 0.3) is 21.7 Å². The van der Waals surface area contributed by atoms with Gasteiger partial charge in [-0.1, -0.05) is 30.3 Å². The van der Waals surface area contributed by atoms with Crippen LogP contribution in [0, 0.1) is 0 Å². The van der Waals surface area contributed by atoms with Crippen LogP contribution >= 0.6 is 0 Å². The number of fused-ring (bicyclic) bond motifs is 3. The third-order valence-corrected chi connectivity index (χ3v) is 4.17. The fourth-order valence-corrected chi connectivity index (χ4v) is 3.08. The summed E-state index contributed by atoms with van der Waals surface area (Å²) in [4.78, 5) is 11.9. The first kappa shape index (κ1) is 17.1. The fraction of sp³-hybridized carbons (Fsp3) is 0.158. The van der Waals surface area contributed by atoms with Gasteiger partial charge in [-0.15, -0.1) is 0 Å². The lowest BCUT2D eigenvalue weighted by molar-refractivity contribution is -0.142. The lowest BCUT2D eigenvalue weighted by atomic mass is 10.0. The van der Waals surface area contributed by atoms with Gasteiger partial charge >= 0.3 is 11.8 Å². The maximum Gasteiger partial charge on any atom is 0.408 e. The second kappa shape index (κ2) is 6.46. The van der Waals surface area contributed by atoms with Crippen LogP contribution in [0.1, 0.15) is 5.56 Å². The molecule has 138 valence electrons. The minimum absolute atomic E-state index is 0.244. The molecule has 5 nitrogen and oxygen atoms in total. The molecule has 0 aliphatic carbocycles. The van der Waals surface area contributed by atoms with E-state index < -0.39 is 18.3 Å². The Hall–Kier alpha value is -3.29. The highest BCUT2D eigenvalue weighted by atomic mass is 19.4. The zero-order valence-corrected chi connectivity index (χ0v) is 14.0. The first-order valence-corrected chi connectivity index (χ1v) is 8.17. The maximum atomic E-state index is 12.4. The van der Waals surface area contributed by atoms with E-state index in [4.69, 9.17) is 4.42 Å². The molecule has 4 aromatic rings. The van der Waals surface area contributed by atoms with Crippen molar-refractivity contribution in [3.8, 4) is 0 Å². The third-order valence-electron chi connectivity index (χ3n) is 4.17. The highest BCUT2D eigenvalue weighted by molar-refractivity contribution is 6.07. The number of nitrogens with zero attached hydrogens (tertiary/aromatic N) is 2. The monoisotopic (exact) mass is 373 g/mol. The second-order valence-electron chi connectivity index (χ2n) is 6.15. The molecule has 0 fully saturated rings. The number of rotatable bonds is 4. The lowest BCUT2D eigenvalue weighted by Crippen LogP contribution is -2.17. The van der Waals surface area contributed by atoms with Crippen LogP contribution in [0.5, 0.6) is 0 Å². The number of hydrogen-bond acceptors (Lipinski definition) is 4. The van der Waals surface area contributed by atoms with Crippen LogP contribution < -0.4 is 10.9 Å². The standard InChI is InChI=1S/C19H14F3N3O2/c20-19(21,22)11-25-10-14(9-24-25)23-8-13-7-17(26)27-16-6-5-12-3-1-2-4-15(12)18(13)16/h1-7,9-10,23H,8,11H2. The molecule has 4 rings (SSSR count). The molecule has 27 heavy (non-hydrogen) atoms. The number of benzene rings is 2. The van der Waals surface area contributed by atoms with Crippen LogP contribution in [0.3, 0.4) is 0 Å². The average molecular weight is 373 g/mol. The van der Waals surface area contributed by atoms with Crippen molar-refractivity contribution in [3.05, 3.63) is 70.8 Å². The predicted molar refractivity (Wildman–Crippen MR) is 95.6 cm³/mol. The molecule has 2 aromatic carbocycles. The molecule has 8 heteroatoms. The first-order chi connectivity index (χ1) is 12.9. The molecule has 0 saturated carbocycles. The largest absolute Gasteiger partial charge is 0.423 e. The van der Waals surface area contributed by atoms with Crippen LogP contribution in [-0.2, 0) is 13.1 Å². The Labute approximate surface area is 151 Å². The molecule has 0 atom stereocenters. The molecule has 0 unspecified atom stereocenters. The van der Waals surface area contributed by atoms with Crippen molar-refractivity contribution >= 4 is 27.4 Å². The van der Waals surface area contributed by atoms with Crippen molar-refractivity contribution in [2.75, 3.05) is 5.32 Å². The van der Waals surface area contributed by atoms with E-state index in [1.54, 1.807) is 6.07 Å². The molecule has 0 radical (unpaired) electrons. The number of alkyl halides is 3. The van der Waals surface area contributed by atoms with Gasteiger partial charge in [0.15, 0.2) is 0 Å². The lowest BCUT2D eigenvalue weighted by Gasteiger charge is -2.10. The van der Waals surface area contributed by atoms with Crippen LogP contribution in [0.15, 0.2) is 64.1 Å². The fourth-order valence-electron chi connectivity index (χ4n) is 3.08. The normalized spacial score (nSPS) is 12.0. The number of nitrogens with one attached hydrogen (secondary N) is 1. The van der Waals surface area contributed by atoms with Gasteiger partial charge in [-0.2, -0.15) is 18.3 Å². The van der Waals surface area contributed by atoms with Gasteiger partial charge in [-0.3, -0.25) is 4.68 Å². The molecule has 0 spiro atoms. The Morgan fingerprint density at radius 2 is 1.96 bits per heavy atom. The Kier molecular flexibility index (Phi) is 4.10. The molecule has 0 aliphatic rings. The summed E-state index contributed by atoms with van der Waals surface area (Å²) in [5.41, 5.74) is 1.11. The molecular formula is C19H14F3N3O2. The van der Waals surface area contributed by atoms with Crippen molar-refractivity contribution in [1.29, 1.82) is 0 Å². The summed E-state index contributed by atoms with van der Waals surface area (Å²) in [7, 11) is 0. The summed E-state index contributed by atoms with van der Waals surface area (Å²) in [5.74, 6) is 0. The summed E-state index contributed by atoms with van der Waals surface area (Å²) in [5, 5.41) is 9.44. The smallest absolute Gasteiger partial charge is 0.408 e. The Morgan fingerprint density at radius 3 is 2.78 bits per heavy atom. The molecule has 0 amide bonds. The molecule has 2 heterocycles. The minimum Gasteiger partial charge on any atom is -0.423 e. The van der Waals surface area contributed by atoms with Gasteiger partial charge < -0.3 is 9.73 Å². The zero-order chi connectivity index (χ0) is 19.0. The first-order valence-electron chi connectivity index (χ1n) is 8.17. The van der Waals surface area contributed by atoms with Gasteiger partial charge in [-0.25, -0.2) is 4.79 Å². The highest BCUT2D eigenvalue weighted by Gasteiger charge is 2.28. The quantitative estimate of drug-likeness (QED) is 0.428. The average Bonchev–Trinajstić information content (AvgIpc) is 3.04. The van der Waals surface area contributed by atoms with E-state index >= 15 is 0 Å². The zero-order valence-electron chi connectivity index (χ0n) is 14.0. The summed E-state index contributed by atoms with van der Waals surface area (Å²) in [6.45, 7) is -0.912. The van der Waals surface area contributed by atoms with Crippen LogP contribution in [0.2, 0.25) is 0 Å². The molecule has 0 aliphatic heterocycles. The van der Waals surface area contributed by atoms with Gasteiger partial charge in [0, 0.05) is 24.2 Å². The number of hydrogen-bond donors (Lipinski definition) is 1. The predicted octanol–water partition coefficient (Wildman–Crippen LogP) is 4.32. The van der Waals surface area contributed by atoms with Gasteiger partial charge in [0.1, 0.15) is 12.1 Å². The van der Waals surface area contributed by atoms with Crippen LogP contribution in [-0.4, -0.2) is 16.0 Å². The molecular weight excluding hydrogens is 359 g/mol. The van der Waals surface area contributed by atoms with E-state index in [2.05, 4.69) is 10.4 Å². The van der Waals surface area contributed by atoms with Gasteiger partial charge in [0.25, 0.3) is 0 Å². The number of anilines is 1. The van der Waals surface area contributed by atoms with Crippen molar-refractivity contribution in [1.82, 2.24) is 9.78 Å². The van der Waals surface area contributed by atoms with E-state index in [0.717, 1.165) is 20.8 Å². The van der Waals surface area contributed by atoms with E-state index in [9.17, 15) is 18.0 Å². The van der Waals surface area contributed by atoms with Gasteiger partial charge in [-0.05, 0) is 22.4 Å². The molecule has 0 saturated heterocycles. The highest BCUT2D eigenvalue weighted by Crippen LogP contribution is 2.28. The summed E-state index contributed by atoms with van der Waals surface area (Å²) in [6, 6.07) is 12.7. The number of aromatic nitrogens is 2. The van der Waals surface area contributed by atoms with E-state index in [0.29, 0.717) is 16.8 Å². The van der Waals surface area contributed by atoms with E-state index in [1.807, 2.05) is 30.3 Å². The van der Waals surface area contributed by atoms with E-state index in [1.165, 1.54) is 18.5 Å². The summed E-state index contributed by atoms with van der Waals surface area (Å²) >= 11 is 0. The van der Waals surface area contributed by atoms with Crippen LogP contribution in [0.4, 0.5) is 18.9 Å². The number of halogens is 3. The Morgan fingerprint density at radius 1 is 1.15 bits per heavy atom. The molecule has 2 aromatic heterocycles. The second-order valence-corrected chi connectivity index (χ2v) is 6.15. The topological polar surface area (TPSA) is 60.1 Å². The van der Waals surface area contributed by atoms with Crippen molar-refractivity contribution in [2.45, 2.75) is 19.3 Å². The summed E-state index contributed by atoms with van der Waals surface area (Å²) < 4.78 is 43.4.